The summed E-state index contributed by atoms with van der Waals surface area (Å²) in [5, 5.41) is 15.6. The number of rotatable bonds is 6. The van der Waals surface area contributed by atoms with Gasteiger partial charge in [0.2, 0.25) is 0 Å². The number of ether oxygens (including phenoxy) is 1. The number of hydrogen-bond acceptors (Lipinski definition) is 6. The summed E-state index contributed by atoms with van der Waals surface area (Å²) in [6, 6.07) is 15.0. The van der Waals surface area contributed by atoms with Crippen molar-refractivity contribution in [1.29, 1.82) is 0 Å². The van der Waals surface area contributed by atoms with Crippen LogP contribution in [0.4, 0.5) is 10.5 Å². The lowest BCUT2D eigenvalue weighted by molar-refractivity contribution is -0.140. The minimum atomic E-state index is -0.763. The third kappa shape index (κ3) is 5.09. The molecule has 0 heterocycles. The molecule has 1 saturated carbocycles. The quantitative estimate of drug-likeness (QED) is 0.281. The lowest BCUT2D eigenvalue weighted by Gasteiger charge is -2.12. The topological polar surface area (TPSA) is 126 Å². The molecule has 162 valence electrons. The van der Waals surface area contributed by atoms with E-state index in [0.29, 0.717) is 24.2 Å². The van der Waals surface area contributed by atoms with Crippen LogP contribution in [0.25, 0.3) is 11.1 Å². The standard InChI is InChI=1S/C23H26N4O4/c1-14(2)31-22(30)26-20(15(3)27-24)25-19-10-6-17(7-11-19)16-4-8-18(9-5-16)23(12-13-23)21(28)29/h4-11,14H,12-13,24H2,1-3H3,(H,28,29)(H,25,26,30). The highest BCUT2D eigenvalue weighted by Crippen LogP contribution is 2.48. The first-order valence-corrected chi connectivity index (χ1v) is 10.0. The van der Waals surface area contributed by atoms with E-state index in [0.717, 1.165) is 16.7 Å². The third-order valence-electron chi connectivity index (χ3n) is 5.14. The molecular weight excluding hydrogens is 396 g/mol. The van der Waals surface area contributed by atoms with Gasteiger partial charge in [-0.25, -0.2) is 9.79 Å². The van der Waals surface area contributed by atoms with Crippen molar-refractivity contribution in [1.82, 2.24) is 5.32 Å². The summed E-state index contributed by atoms with van der Waals surface area (Å²) in [7, 11) is 0. The number of carbonyl (C=O) groups is 2. The molecular formula is C23H26N4O4. The Hall–Kier alpha value is -3.68. The highest BCUT2D eigenvalue weighted by Gasteiger charge is 2.51. The van der Waals surface area contributed by atoms with Gasteiger partial charge in [-0.3, -0.25) is 10.1 Å². The van der Waals surface area contributed by atoms with Crippen molar-refractivity contribution in [3.63, 3.8) is 0 Å². The maximum atomic E-state index is 11.9. The molecule has 0 spiro atoms. The Kier molecular flexibility index (Phi) is 6.39. The van der Waals surface area contributed by atoms with E-state index in [1.165, 1.54) is 0 Å². The highest BCUT2D eigenvalue weighted by atomic mass is 16.6. The summed E-state index contributed by atoms with van der Waals surface area (Å²) in [4.78, 5) is 27.8. The largest absolute Gasteiger partial charge is 0.481 e. The van der Waals surface area contributed by atoms with Crippen LogP contribution in [-0.2, 0) is 14.9 Å². The second-order valence-corrected chi connectivity index (χ2v) is 7.77. The second kappa shape index (κ2) is 8.99. The van der Waals surface area contributed by atoms with Gasteiger partial charge in [-0.15, -0.1) is 0 Å². The number of nitrogens with two attached hydrogens (primary N) is 1. The molecule has 4 N–H and O–H groups in total. The van der Waals surface area contributed by atoms with Crippen LogP contribution in [-0.4, -0.2) is 34.8 Å². The Morgan fingerprint density at radius 2 is 1.61 bits per heavy atom. The lowest BCUT2D eigenvalue weighted by atomic mass is 9.94. The summed E-state index contributed by atoms with van der Waals surface area (Å²) in [5.74, 6) is 4.79. The number of hydrazone groups is 1. The Labute approximate surface area is 180 Å². The first-order chi connectivity index (χ1) is 14.7. The average molecular weight is 422 g/mol. The smallest absolute Gasteiger partial charge is 0.413 e. The predicted molar refractivity (Wildman–Crippen MR) is 120 cm³/mol. The molecule has 0 bridgehead atoms. The predicted octanol–water partition coefficient (Wildman–Crippen LogP) is 3.97. The molecule has 0 unspecified atom stereocenters. The van der Waals surface area contributed by atoms with Gasteiger partial charge in [0.25, 0.3) is 0 Å². The van der Waals surface area contributed by atoms with Crippen molar-refractivity contribution in [2.75, 3.05) is 0 Å². The van der Waals surface area contributed by atoms with E-state index >= 15 is 0 Å². The van der Waals surface area contributed by atoms with Crippen LogP contribution < -0.4 is 11.2 Å². The summed E-state index contributed by atoms with van der Waals surface area (Å²) in [6.07, 6.45) is 0.456. The van der Waals surface area contributed by atoms with Crippen LogP contribution in [0.3, 0.4) is 0 Å². The van der Waals surface area contributed by atoms with E-state index in [-0.39, 0.29) is 11.9 Å². The minimum absolute atomic E-state index is 0.202. The zero-order valence-corrected chi connectivity index (χ0v) is 17.8. The Morgan fingerprint density at radius 3 is 2.06 bits per heavy atom. The average Bonchev–Trinajstić information content (AvgIpc) is 3.55. The van der Waals surface area contributed by atoms with Crippen LogP contribution in [0, 0.1) is 0 Å². The van der Waals surface area contributed by atoms with E-state index in [4.69, 9.17) is 10.6 Å². The minimum Gasteiger partial charge on any atom is -0.481 e. The van der Waals surface area contributed by atoms with E-state index in [1.807, 2.05) is 48.5 Å². The number of benzene rings is 2. The van der Waals surface area contributed by atoms with Gasteiger partial charge in [0, 0.05) is 0 Å². The Morgan fingerprint density at radius 1 is 1.06 bits per heavy atom. The van der Waals surface area contributed by atoms with E-state index in [9.17, 15) is 14.7 Å². The molecule has 0 saturated heterocycles. The SMILES string of the molecule is CC(=NN)C(=Nc1ccc(-c2ccc(C3(C(=O)O)CC3)cc2)cc1)NC(=O)OC(C)C. The van der Waals surface area contributed by atoms with Gasteiger partial charge in [-0.2, -0.15) is 5.10 Å². The molecule has 1 amide bonds. The molecule has 2 aromatic carbocycles. The number of alkyl carbamates (subject to hydrolysis) is 1. The van der Waals surface area contributed by atoms with Gasteiger partial charge in [0.05, 0.1) is 22.9 Å². The van der Waals surface area contributed by atoms with Crippen molar-refractivity contribution in [3.05, 3.63) is 54.1 Å². The third-order valence-corrected chi connectivity index (χ3v) is 5.14. The van der Waals surface area contributed by atoms with Crippen molar-refractivity contribution < 1.29 is 19.4 Å². The van der Waals surface area contributed by atoms with Crippen molar-refractivity contribution in [2.24, 2.45) is 15.9 Å². The van der Waals surface area contributed by atoms with Crippen LogP contribution >= 0.6 is 0 Å². The number of aliphatic carboxylic acids is 1. The Balaban J connectivity index is 1.78. The molecule has 0 atom stereocenters. The second-order valence-electron chi connectivity index (χ2n) is 7.77. The molecule has 0 aromatic heterocycles. The molecule has 1 aliphatic rings. The Bertz CT molecular complexity index is 1020. The van der Waals surface area contributed by atoms with E-state index in [1.54, 1.807) is 20.8 Å². The van der Waals surface area contributed by atoms with Crippen molar-refractivity contribution >= 4 is 29.3 Å². The summed E-state index contributed by atoms with van der Waals surface area (Å²) in [6.45, 7) is 5.13. The molecule has 31 heavy (non-hydrogen) atoms. The normalized spacial score (nSPS) is 15.5. The maximum Gasteiger partial charge on any atom is 0.413 e. The fraction of sp³-hybridized carbons (Fsp3) is 0.304. The highest BCUT2D eigenvalue weighted by molar-refractivity contribution is 6.43. The maximum absolute atomic E-state index is 11.9. The molecule has 0 radical (unpaired) electrons. The molecule has 8 heteroatoms. The number of amidine groups is 1. The number of amides is 1. The van der Waals surface area contributed by atoms with Crippen LogP contribution in [0.5, 0.6) is 0 Å². The number of carbonyl (C=O) groups excluding carboxylic acids is 1. The van der Waals surface area contributed by atoms with E-state index in [2.05, 4.69) is 15.4 Å². The molecule has 2 aromatic rings. The fourth-order valence-corrected chi connectivity index (χ4v) is 3.19. The van der Waals surface area contributed by atoms with Gasteiger partial charge < -0.3 is 15.7 Å². The summed E-state index contributed by atoms with van der Waals surface area (Å²) >= 11 is 0. The van der Waals surface area contributed by atoms with Crippen LogP contribution in [0.15, 0.2) is 58.6 Å². The molecule has 0 aliphatic heterocycles. The number of hydrogen-bond donors (Lipinski definition) is 3. The zero-order chi connectivity index (χ0) is 22.6. The van der Waals surface area contributed by atoms with Crippen molar-refractivity contribution in [2.45, 2.75) is 45.1 Å². The zero-order valence-electron chi connectivity index (χ0n) is 17.8. The van der Waals surface area contributed by atoms with Gasteiger partial charge in [0.15, 0.2) is 5.84 Å². The number of nitrogens with one attached hydrogen (secondary N) is 1. The lowest BCUT2D eigenvalue weighted by Crippen LogP contribution is -2.37. The van der Waals surface area contributed by atoms with Gasteiger partial charge in [-0.05, 0) is 62.4 Å². The number of nitrogens with zero attached hydrogens (tertiary/aromatic N) is 2. The molecule has 3 rings (SSSR count). The first kappa shape index (κ1) is 22.0. The summed E-state index contributed by atoms with van der Waals surface area (Å²) < 4.78 is 5.08. The van der Waals surface area contributed by atoms with E-state index < -0.39 is 17.5 Å². The van der Waals surface area contributed by atoms with Crippen LogP contribution in [0.1, 0.15) is 39.2 Å². The summed E-state index contributed by atoms with van der Waals surface area (Å²) in [5.41, 5.74) is 3.02. The number of carboxylic acid groups (broad SMARTS) is 1. The van der Waals surface area contributed by atoms with Crippen molar-refractivity contribution in [3.8, 4) is 11.1 Å². The van der Waals surface area contributed by atoms with Crippen LogP contribution in [0.2, 0.25) is 0 Å². The number of aliphatic imine (C=N–C) groups is 1. The van der Waals surface area contributed by atoms with Gasteiger partial charge in [-0.1, -0.05) is 36.4 Å². The fourth-order valence-electron chi connectivity index (χ4n) is 3.19. The van der Waals surface area contributed by atoms with Gasteiger partial charge in [0.1, 0.15) is 0 Å². The molecule has 8 nitrogen and oxygen atoms in total. The molecule has 1 aliphatic carbocycles. The van der Waals surface area contributed by atoms with Gasteiger partial charge >= 0.3 is 12.1 Å². The molecule has 1 fully saturated rings. The number of carboxylic acids is 1. The monoisotopic (exact) mass is 422 g/mol. The first-order valence-electron chi connectivity index (χ1n) is 10.0.